The molecular formula is C15H11Cl2F3N4O3S. The quantitative estimate of drug-likeness (QED) is 0.483. The van der Waals surface area contributed by atoms with Gasteiger partial charge in [-0.2, -0.15) is 28.5 Å². The Hall–Kier alpha value is -2.16. The molecule has 0 aliphatic carbocycles. The molecule has 1 heterocycles. The third-order valence-electron chi connectivity index (χ3n) is 3.51. The Morgan fingerprint density at radius 1 is 1.36 bits per heavy atom. The number of rotatable bonds is 5. The summed E-state index contributed by atoms with van der Waals surface area (Å²) in [5, 5.41) is 15.8. The van der Waals surface area contributed by atoms with Crippen LogP contribution in [0.3, 0.4) is 0 Å². The molecule has 0 amide bonds. The lowest BCUT2D eigenvalue weighted by atomic mass is 9.91. The maximum atomic E-state index is 13.0. The van der Waals surface area contributed by atoms with Gasteiger partial charge in [-0.3, -0.25) is 0 Å². The number of benzene rings is 1. The number of sulfone groups is 1. The zero-order valence-electron chi connectivity index (χ0n) is 14.3. The summed E-state index contributed by atoms with van der Waals surface area (Å²) in [7, 11) is -4.17. The van der Waals surface area contributed by atoms with Crippen LogP contribution >= 0.6 is 23.2 Å². The van der Waals surface area contributed by atoms with Crippen molar-refractivity contribution in [1.29, 1.82) is 5.26 Å². The number of nitriles is 1. The van der Waals surface area contributed by atoms with Crippen LogP contribution < -0.4 is 0 Å². The van der Waals surface area contributed by atoms with Gasteiger partial charge in [-0.1, -0.05) is 23.2 Å². The van der Waals surface area contributed by atoms with Crippen LogP contribution in [0.2, 0.25) is 10.0 Å². The fraction of sp³-hybridized carbons (Fsp3) is 0.333. The van der Waals surface area contributed by atoms with Crippen molar-refractivity contribution < 1.29 is 26.3 Å². The molecule has 28 heavy (non-hydrogen) atoms. The van der Waals surface area contributed by atoms with Gasteiger partial charge >= 0.3 is 6.18 Å². The Morgan fingerprint density at radius 2 is 1.93 bits per heavy atom. The monoisotopic (exact) mass is 454 g/mol. The van der Waals surface area contributed by atoms with Gasteiger partial charge in [0.05, 0.1) is 12.2 Å². The maximum absolute atomic E-state index is 13.0. The van der Waals surface area contributed by atoms with Crippen molar-refractivity contribution in [3.8, 4) is 6.07 Å². The van der Waals surface area contributed by atoms with Crippen molar-refractivity contribution in [3.63, 3.8) is 0 Å². The van der Waals surface area contributed by atoms with E-state index in [1.165, 1.54) is 0 Å². The Labute approximate surface area is 168 Å². The van der Waals surface area contributed by atoms with Crippen molar-refractivity contribution in [2.45, 2.75) is 18.6 Å². The molecule has 1 atom stereocenters. The second-order valence-corrected chi connectivity index (χ2v) is 8.22. The lowest BCUT2D eigenvalue weighted by Gasteiger charge is -2.23. The number of alkyl halides is 3. The molecule has 0 bridgehead atoms. The molecule has 0 spiro atoms. The van der Waals surface area contributed by atoms with Crippen LogP contribution in [-0.4, -0.2) is 27.7 Å². The zero-order valence-corrected chi connectivity index (χ0v) is 16.6. The lowest BCUT2D eigenvalue weighted by molar-refractivity contribution is -0.137. The van der Waals surface area contributed by atoms with E-state index in [9.17, 15) is 26.9 Å². The topological polar surface area (TPSA) is 104 Å². The first-order valence-electron chi connectivity index (χ1n) is 7.38. The van der Waals surface area contributed by atoms with Gasteiger partial charge in [0.25, 0.3) is 0 Å². The molecule has 2 rings (SSSR count). The predicted molar refractivity (Wildman–Crippen MR) is 95.6 cm³/mol. The first-order valence-corrected chi connectivity index (χ1v) is 10.0. The van der Waals surface area contributed by atoms with Crippen LogP contribution in [-0.2, 0) is 26.3 Å². The van der Waals surface area contributed by atoms with Crippen LogP contribution in [0.1, 0.15) is 18.1 Å². The standard InChI is InChI=1S/C15H11Cl2F3N4O3S/c1-3-27-7-22-13-12(28(2,25)26)14(6-21,24-23-13)11-9(16)4-8(5-10(11)17)15(18,19)20/h4-5,7H,3H2,1-2H3. The molecule has 0 fully saturated rings. The summed E-state index contributed by atoms with van der Waals surface area (Å²) >= 11 is 11.9. The van der Waals surface area contributed by atoms with Gasteiger partial charge in [0.2, 0.25) is 5.54 Å². The molecule has 0 saturated carbocycles. The van der Waals surface area contributed by atoms with Crippen molar-refractivity contribution in [2.24, 2.45) is 15.2 Å². The van der Waals surface area contributed by atoms with E-state index in [1.54, 1.807) is 13.0 Å². The van der Waals surface area contributed by atoms with Crippen molar-refractivity contribution >= 4 is 39.4 Å². The van der Waals surface area contributed by atoms with Crippen LogP contribution in [0, 0.1) is 11.3 Å². The largest absolute Gasteiger partial charge is 0.483 e. The lowest BCUT2D eigenvalue weighted by Crippen LogP contribution is -2.28. The summed E-state index contributed by atoms with van der Waals surface area (Å²) in [6.07, 6.45) is -3.08. The van der Waals surface area contributed by atoms with Gasteiger partial charge in [0.15, 0.2) is 22.1 Å². The average Bonchev–Trinajstić information content (AvgIpc) is 2.93. The molecule has 13 heteroatoms. The smallest absolute Gasteiger partial charge is 0.416 e. The number of aliphatic imine (C=N–C) groups is 1. The second kappa shape index (κ2) is 7.69. The number of halogens is 5. The molecule has 1 aliphatic rings. The third kappa shape index (κ3) is 3.99. The average molecular weight is 455 g/mol. The van der Waals surface area contributed by atoms with Gasteiger partial charge in [0, 0.05) is 21.9 Å². The van der Waals surface area contributed by atoms with E-state index in [1.807, 2.05) is 0 Å². The van der Waals surface area contributed by atoms with Gasteiger partial charge < -0.3 is 4.74 Å². The summed E-state index contributed by atoms with van der Waals surface area (Å²) in [4.78, 5) is 3.04. The van der Waals surface area contributed by atoms with E-state index in [4.69, 9.17) is 27.9 Å². The van der Waals surface area contributed by atoms with Gasteiger partial charge in [0.1, 0.15) is 11.0 Å². The number of ether oxygens (including phenoxy) is 1. The molecule has 0 radical (unpaired) electrons. The van der Waals surface area contributed by atoms with E-state index >= 15 is 0 Å². The van der Waals surface area contributed by atoms with Crippen molar-refractivity contribution in [3.05, 3.63) is 44.0 Å². The predicted octanol–water partition coefficient (Wildman–Crippen LogP) is 4.48. The highest BCUT2D eigenvalue weighted by molar-refractivity contribution is 7.94. The summed E-state index contributed by atoms with van der Waals surface area (Å²) in [6.45, 7) is 1.87. The van der Waals surface area contributed by atoms with Crippen LogP contribution in [0.25, 0.3) is 0 Å². The van der Waals surface area contributed by atoms with Gasteiger partial charge in [-0.25, -0.2) is 8.42 Å². The summed E-state index contributed by atoms with van der Waals surface area (Å²) < 4.78 is 68.5. The number of hydrogen-bond acceptors (Lipinski definition) is 7. The van der Waals surface area contributed by atoms with E-state index < -0.39 is 53.5 Å². The number of hydrogen-bond donors (Lipinski definition) is 0. The maximum Gasteiger partial charge on any atom is 0.416 e. The molecule has 7 nitrogen and oxygen atoms in total. The van der Waals surface area contributed by atoms with E-state index in [2.05, 4.69) is 15.2 Å². The summed E-state index contributed by atoms with van der Waals surface area (Å²) in [6, 6.07) is 2.70. The second-order valence-electron chi connectivity index (χ2n) is 5.45. The highest BCUT2D eigenvalue weighted by Gasteiger charge is 2.51. The fourth-order valence-corrected chi connectivity index (χ4v) is 4.34. The van der Waals surface area contributed by atoms with Crippen LogP contribution in [0.4, 0.5) is 13.2 Å². The van der Waals surface area contributed by atoms with Crippen molar-refractivity contribution in [1.82, 2.24) is 0 Å². The molecular weight excluding hydrogens is 444 g/mol. The third-order valence-corrected chi connectivity index (χ3v) is 5.32. The Balaban J connectivity index is 2.82. The normalized spacial score (nSPS) is 20.1. The summed E-state index contributed by atoms with van der Waals surface area (Å²) in [5.41, 5.74) is -4.02. The number of nitrogens with zero attached hydrogens (tertiary/aromatic N) is 4. The van der Waals surface area contributed by atoms with E-state index in [-0.39, 0.29) is 6.61 Å². The highest BCUT2D eigenvalue weighted by Crippen LogP contribution is 2.49. The first-order chi connectivity index (χ1) is 12.9. The minimum absolute atomic E-state index is 0.224. The Bertz CT molecular complexity index is 1020. The molecule has 150 valence electrons. The molecule has 0 N–H and O–H groups in total. The zero-order chi connectivity index (χ0) is 21.3. The van der Waals surface area contributed by atoms with Crippen LogP contribution in [0.5, 0.6) is 0 Å². The van der Waals surface area contributed by atoms with Crippen molar-refractivity contribution in [2.75, 3.05) is 12.9 Å². The highest BCUT2D eigenvalue weighted by atomic mass is 35.5. The minimum Gasteiger partial charge on any atom is -0.483 e. The molecule has 1 unspecified atom stereocenters. The van der Waals surface area contributed by atoms with Gasteiger partial charge in [-0.05, 0) is 19.1 Å². The molecule has 0 saturated heterocycles. The Morgan fingerprint density at radius 3 is 2.36 bits per heavy atom. The molecule has 0 aromatic heterocycles. The van der Waals surface area contributed by atoms with Gasteiger partial charge in [-0.15, -0.1) is 5.11 Å². The molecule has 1 aliphatic heterocycles. The SMILES string of the molecule is CCOC=NC1=C(S(C)(=O)=O)C(C#N)(c2c(Cl)cc(C(F)(F)F)cc2Cl)N=N1. The Kier molecular flexibility index (Phi) is 6.08. The van der Waals surface area contributed by atoms with Crippen LogP contribution in [0.15, 0.2) is 38.1 Å². The number of azo groups is 1. The van der Waals surface area contributed by atoms with E-state index in [0.29, 0.717) is 12.1 Å². The summed E-state index contributed by atoms with van der Waals surface area (Å²) in [5.74, 6) is -0.468. The van der Waals surface area contributed by atoms with E-state index in [0.717, 1.165) is 12.7 Å². The minimum atomic E-state index is -4.76. The molecule has 1 aromatic rings. The fourth-order valence-electron chi connectivity index (χ4n) is 2.43. The first kappa shape index (κ1) is 22.1. The molecule has 1 aromatic carbocycles.